The highest BCUT2D eigenvalue weighted by atomic mass is 14.9. The third kappa shape index (κ3) is 2.56. The van der Waals surface area contributed by atoms with Crippen LogP contribution in [-0.4, -0.2) is 6.54 Å². The zero-order valence-electron chi connectivity index (χ0n) is 9.95. The summed E-state index contributed by atoms with van der Waals surface area (Å²) in [6.07, 6.45) is 4.77. The number of benzene rings is 2. The molecular weight excluding hydrogens is 206 g/mol. The SMILES string of the molecule is C=CCCNc1cc2ccccc2cc1C=C. The van der Waals surface area contributed by atoms with Crippen molar-refractivity contribution < 1.29 is 0 Å². The number of rotatable bonds is 5. The minimum absolute atomic E-state index is 0.905. The van der Waals surface area contributed by atoms with Gasteiger partial charge in [-0.25, -0.2) is 0 Å². The Morgan fingerprint density at radius 3 is 2.41 bits per heavy atom. The lowest BCUT2D eigenvalue weighted by Crippen LogP contribution is -2.01. The van der Waals surface area contributed by atoms with Gasteiger partial charge in [0, 0.05) is 12.2 Å². The molecule has 0 radical (unpaired) electrons. The van der Waals surface area contributed by atoms with Gasteiger partial charge in [0.05, 0.1) is 0 Å². The quantitative estimate of drug-likeness (QED) is 0.582. The Morgan fingerprint density at radius 2 is 1.76 bits per heavy atom. The van der Waals surface area contributed by atoms with Crippen molar-refractivity contribution in [2.45, 2.75) is 6.42 Å². The van der Waals surface area contributed by atoms with Gasteiger partial charge in [0.25, 0.3) is 0 Å². The van der Waals surface area contributed by atoms with Gasteiger partial charge in [0.15, 0.2) is 0 Å². The molecule has 0 bridgehead atoms. The minimum Gasteiger partial charge on any atom is -0.384 e. The van der Waals surface area contributed by atoms with Crippen LogP contribution in [0.1, 0.15) is 12.0 Å². The van der Waals surface area contributed by atoms with Crippen molar-refractivity contribution in [2.24, 2.45) is 0 Å². The largest absolute Gasteiger partial charge is 0.384 e. The highest BCUT2D eigenvalue weighted by molar-refractivity contribution is 5.89. The molecule has 2 rings (SSSR count). The Bertz CT molecular complexity index is 540. The van der Waals surface area contributed by atoms with Crippen molar-refractivity contribution >= 4 is 22.5 Å². The lowest BCUT2D eigenvalue weighted by atomic mass is 10.0. The van der Waals surface area contributed by atoms with Crippen LogP contribution in [0, 0.1) is 0 Å². The fourth-order valence-electron chi connectivity index (χ4n) is 1.89. The van der Waals surface area contributed by atoms with Gasteiger partial charge in [-0.15, -0.1) is 6.58 Å². The molecule has 86 valence electrons. The van der Waals surface area contributed by atoms with Crippen molar-refractivity contribution in [1.29, 1.82) is 0 Å². The van der Waals surface area contributed by atoms with E-state index in [0.717, 1.165) is 24.2 Å². The van der Waals surface area contributed by atoms with E-state index in [1.54, 1.807) is 0 Å². The molecule has 17 heavy (non-hydrogen) atoms. The van der Waals surface area contributed by atoms with Crippen LogP contribution in [0.2, 0.25) is 0 Å². The van der Waals surface area contributed by atoms with E-state index in [2.05, 4.69) is 54.9 Å². The molecule has 0 saturated carbocycles. The molecule has 2 aromatic rings. The number of hydrogen-bond acceptors (Lipinski definition) is 1. The summed E-state index contributed by atoms with van der Waals surface area (Å²) in [4.78, 5) is 0. The predicted molar refractivity (Wildman–Crippen MR) is 77.3 cm³/mol. The Kier molecular flexibility index (Phi) is 3.61. The zero-order valence-corrected chi connectivity index (χ0v) is 9.95. The summed E-state index contributed by atoms with van der Waals surface area (Å²) in [5.74, 6) is 0. The van der Waals surface area contributed by atoms with Gasteiger partial charge in [0.1, 0.15) is 0 Å². The van der Waals surface area contributed by atoms with Crippen LogP contribution in [0.4, 0.5) is 5.69 Å². The van der Waals surface area contributed by atoms with E-state index < -0.39 is 0 Å². The standard InChI is InChI=1S/C16H17N/c1-3-5-10-17-16-12-15-9-7-6-8-14(15)11-13(16)4-2/h3-4,6-9,11-12,17H,1-2,5,10H2. The summed E-state index contributed by atoms with van der Waals surface area (Å²) in [5.41, 5.74) is 2.29. The molecule has 2 aromatic carbocycles. The Morgan fingerprint density at radius 1 is 1.06 bits per heavy atom. The zero-order chi connectivity index (χ0) is 12.1. The molecule has 0 aliphatic carbocycles. The molecule has 0 amide bonds. The van der Waals surface area contributed by atoms with E-state index in [9.17, 15) is 0 Å². The molecule has 1 nitrogen and oxygen atoms in total. The summed E-state index contributed by atoms with van der Waals surface area (Å²) in [6.45, 7) is 8.50. The average Bonchev–Trinajstić information content (AvgIpc) is 2.38. The Balaban J connectivity index is 2.38. The third-order valence-electron chi connectivity index (χ3n) is 2.80. The smallest absolute Gasteiger partial charge is 0.0420 e. The molecular formula is C16H17N. The fraction of sp³-hybridized carbons (Fsp3) is 0.125. The van der Waals surface area contributed by atoms with E-state index >= 15 is 0 Å². The van der Waals surface area contributed by atoms with Gasteiger partial charge in [0.2, 0.25) is 0 Å². The summed E-state index contributed by atoms with van der Waals surface area (Å²) in [6, 6.07) is 12.7. The Hall–Kier alpha value is -2.02. The molecule has 0 heterocycles. The summed E-state index contributed by atoms with van der Waals surface area (Å²) in [5, 5.41) is 5.91. The Labute approximate surface area is 102 Å². The molecule has 0 aliphatic heterocycles. The van der Waals surface area contributed by atoms with Crippen LogP contribution >= 0.6 is 0 Å². The van der Waals surface area contributed by atoms with Crippen molar-refractivity contribution in [1.82, 2.24) is 0 Å². The first-order valence-electron chi connectivity index (χ1n) is 5.85. The molecule has 1 heteroatoms. The molecule has 1 N–H and O–H groups in total. The first kappa shape index (κ1) is 11.5. The molecule has 0 unspecified atom stereocenters. The normalized spacial score (nSPS) is 10.1. The van der Waals surface area contributed by atoms with Crippen LogP contribution < -0.4 is 5.32 Å². The first-order valence-corrected chi connectivity index (χ1v) is 5.85. The van der Waals surface area contributed by atoms with Crippen LogP contribution in [0.25, 0.3) is 16.8 Å². The van der Waals surface area contributed by atoms with Crippen LogP contribution in [-0.2, 0) is 0 Å². The van der Waals surface area contributed by atoms with E-state index in [4.69, 9.17) is 0 Å². The van der Waals surface area contributed by atoms with Gasteiger partial charge in [-0.05, 0) is 34.9 Å². The summed E-state index contributed by atoms with van der Waals surface area (Å²) < 4.78 is 0. The first-order chi connectivity index (χ1) is 8.35. The lowest BCUT2D eigenvalue weighted by molar-refractivity contribution is 1.07. The lowest BCUT2D eigenvalue weighted by Gasteiger charge is -2.10. The molecule has 0 aliphatic rings. The van der Waals surface area contributed by atoms with Crippen molar-refractivity contribution in [3.8, 4) is 0 Å². The van der Waals surface area contributed by atoms with E-state index in [1.807, 2.05) is 12.2 Å². The van der Waals surface area contributed by atoms with E-state index in [1.165, 1.54) is 10.8 Å². The molecule has 0 atom stereocenters. The number of hydrogen-bond donors (Lipinski definition) is 1. The topological polar surface area (TPSA) is 12.0 Å². The van der Waals surface area contributed by atoms with Crippen molar-refractivity contribution in [3.05, 3.63) is 61.2 Å². The van der Waals surface area contributed by atoms with Crippen molar-refractivity contribution in [2.75, 3.05) is 11.9 Å². The number of nitrogens with one attached hydrogen (secondary N) is 1. The van der Waals surface area contributed by atoms with E-state index in [0.29, 0.717) is 0 Å². The van der Waals surface area contributed by atoms with Gasteiger partial charge < -0.3 is 5.32 Å². The maximum Gasteiger partial charge on any atom is 0.0420 e. The number of fused-ring (bicyclic) bond motifs is 1. The van der Waals surface area contributed by atoms with Crippen LogP contribution in [0.3, 0.4) is 0 Å². The second kappa shape index (κ2) is 5.35. The summed E-state index contributed by atoms with van der Waals surface area (Å²) in [7, 11) is 0. The van der Waals surface area contributed by atoms with Crippen LogP contribution in [0.15, 0.2) is 55.6 Å². The molecule has 0 fully saturated rings. The van der Waals surface area contributed by atoms with Gasteiger partial charge in [-0.3, -0.25) is 0 Å². The fourth-order valence-corrected chi connectivity index (χ4v) is 1.89. The van der Waals surface area contributed by atoms with Crippen molar-refractivity contribution in [3.63, 3.8) is 0 Å². The maximum absolute atomic E-state index is 3.87. The summed E-state index contributed by atoms with van der Waals surface area (Å²) >= 11 is 0. The minimum atomic E-state index is 0.905. The second-order valence-corrected chi connectivity index (χ2v) is 3.99. The molecule has 0 aromatic heterocycles. The molecule has 0 spiro atoms. The monoisotopic (exact) mass is 223 g/mol. The number of anilines is 1. The van der Waals surface area contributed by atoms with E-state index in [-0.39, 0.29) is 0 Å². The van der Waals surface area contributed by atoms with Gasteiger partial charge >= 0.3 is 0 Å². The molecule has 0 saturated heterocycles. The van der Waals surface area contributed by atoms with Gasteiger partial charge in [-0.2, -0.15) is 0 Å². The van der Waals surface area contributed by atoms with Gasteiger partial charge in [-0.1, -0.05) is 43.0 Å². The second-order valence-electron chi connectivity index (χ2n) is 3.99. The maximum atomic E-state index is 3.87. The highest BCUT2D eigenvalue weighted by Gasteiger charge is 2.01. The highest BCUT2D eigenvalue weighted by Crippen LogP contribution is 2.24. The predicted octanol–water partition coefficient (Wildman–Crippen LogP) is 4.47. The van der Waals surface area contributed by atoms with Crippen LogP contribution in [0.5, 0.6) is 0 Å². The third-order valence-corrected chi connectivity index (χ3v) is 2.80. The average molecular weight is 223 g/mol.